The Morgan fingerprint density at radius 3 is 2.41 bits per heavy atom. The number of rotatable bonds is 9. The van der Waals surface area contributed by atoms with Gasteiger partial charge in [0.25, 0.3) is 0 Å². The maximum absolute atomic E-state index is 13.6. The van der Waals surface area contributed by atoms with Crippen molar-refractivity contribution in [2.45, 2.75) is 115 Å². The van der Waals surface area contributed by atoms with Crippen molar-refractivity contribution in [3.63, 3.8) is 0 Å². The van der Waals surface area contributed by atoms with E-state index in [1.54, 1.807) is 17.0 Å². The first-order valence-corrected chi connectivity index (χ1v) is 14.5. The predicted molar refractivity (Wildman–Crippen MR) is 159 cm³/mol. The van der Waals surface area contributed by atoms with Crippen LogP contribution in [0.15, 0.2) is 47.5 Å². The summed E-state index contributed by atoms with van der Waals surface area (Å²) in [7, 11) is 0. The van der Waals surface area contributed by atoms with Gasteiger partial charge in [0.15, 0.2) is 5.96 Å². The second-order valence-electron chi connectivity index (χ2n) is 12.7. The number of benzene rings is 2. The van der Waals surface area contributed by atoms with Crippen LogP contribution >= 0.6 is 0 Å². The van der Waals surface area contributed by atoms with Crippen molar-refractivity contribution in [2.24, 2.45) is 10.7 Å². The first kappa shape index (κ1) is 31.0. The van der Waals surface area contributed by atoms with E-state index < -0.39 is 41.2 Å². The lowest BCUT2D eigenvalue weighted by Gasteiger charge is -2.45. The number of aryl methyl sites for hydroxylation is 1. The number of ether oxygens (including phenoxy) is 1. The molecule has 41 heavy (non-hydrogen) atoms. The molecular formula is C32H46N4O5. The van der Waals surface area contributed by atoms with E-state index in [0.717, 1.165) is 29.5 Å². The van der Waals surface area contributed by atoms with Crippen LogP contribution in [-0.2, 0) is 4.79 Å². The van der Waals surface area contributed by atoms with Gasteiger partial charge in [-0.2, -0.15) is 0 Å². The predicted octanol–water partition coefficient (Wildman–Crippen LogP) is 4.16. The summed E-state index contributed by atoms with van der Waals surface area (Å²) in [5.74, 6) is 0.736. The number of nitrogens with one attached hydrogen (secondary N) is 1. The monoisotopic (exact) mass is 566 g/mol. The number of hydrogen-bond donors (Lipinski definition) is 5. The Kier molecular flexibility index (Phi) is 8.58. The molecule has 0 aromatic heterocycles. The lowest BCUT2D eigenvalue weighted by atomic mass is 9.84. The van der Waals surface area contributed by atoms with Crippen LogP contribution in [-0.4, -0.2) is 54.9 Å². The number of carbonyl (C=O) groups is 1. The standard InChI is InChI=1S/C32H46N4O5/c1-8-32(9-2)18-25(37)36(29(33)35-32)23-17-30(4,5)41-24-15-14-20(16-22(23)24)28(39)34-26(27(38)31(6,7)40)21-13-11-10-12-19(21)3/h10-16,23,26-28,34,38-40H,8-9,17-18H2,1-7H3,(H2,33,35)/t23-,26-,27+,28?/m1/s1. The number of aliphatic hydroxyl groups excluding tert-OH is 2. The summed E-state index contributed by atoms with van der Waals surface area (Å²) in [6.07, 6.45) is -0.199. The van der Waals surface area contributed by atoms with Crippen LogP contribution in [0.25, 0.3) is 0 Å². The Hall–Kier alpha value is -2.98. The Balaban J connectivity index is 1.72. The van der Waals surface area contributed by atoms with E-state index in [4.69, 9.17) is 15.5 Å². The minimum Gasteiger partial charge on any atom is -0.487 e. The third kappa shape index (κ3) is 6.28. The molecule has 4 rings (SSSR count). The van der Waals surface area contributed by atoms with Crippen molar-refractivity contribution >= 4 is 11.9 Å². The number of carbonyl (C=O) groups excluding carboxylic acids is 1. The molecule has 0 aliphatic carbocycles. The molecular weight excluding hydrogens is 520 g/mol. The highest BCUT2D eigenvalue weighted by molar-refractivity contribution is 5.99. The maximum Gasteiger partial charge on any atom is 0.232 e. The lowest BCUT2D eigenvalue weighted by molar-refractivity contribution is -0.132. The third-order valence-corrected chi connectivity index (χ3v) is 8.66. The van der Waals surface area contributed by atoms with Crippen molar-refractivity contribution < 1.29 is 24.9 Å². The number of aliphatic imine (C=N–C) groups is 1. The summed E-state index contributed by atoms with van der Waals surface area (Å²) in [6, 6.07) is 11.7. The van der Waals surface area contributed by atoms with Crippen LogP contribution in [0.1, 0.15) is 108 Å². The summed E-state index contributed by atoms with van der Waals surface area (Å²) in [6.45, 7) is 13.0. The zero-order valence-electron chi connectivity index (χ0n) is 25.3. The van der Waals surface area contributed by atoms with Gasteiger partial charge in [-0.25, -0.2) is 4.99 Å². The van der Waals surface area contributed by atoms with Crippen LogP contribution in [0, 0.1) is 6.92 Å². The zero-order chi connectivity index (χ0) is 30.3. The molecule has 2 aliphatic rings. The lowest BCUT2D eigenvalue weighted by Crippen LogP contribution is -2.54. The molecule has 2 aromatic rings. The molecule has 4 atom stereocenters. The molecule has 2 heterocycles. The van der Waals surface area contributed by atoms with E-state index in [2.05, 4.69) is 5.32 Å². The topological polar surface area (TPSA) is 141 Å². The average molecular weight is 567 g/mol. The number of nitrogens with two attached hydrogens (primary N) is 1. The van der Waals surface area contributed by atoms with Crippen LogP contribution < -0.4 is 15.8 Å². The first-order valence-electron chi connectivity index (χ1n) is 14.5. The number of nitrogens with zero attached hydrogens (tertiary/aromatic N) is 2. The summed E-state index contributed by atoms with van der Waals surface area (Å²) in [5, 5.41) is 36.3. The van der Waals surface area contributed by atoms with Gasteiger partial charge in [-0.1, -0.05) is 44.2 Å². The molecule has 2 aromatic carbocycles. The highest BCUT2D eigenvalue weighted by Crippen LogP contribution is 2.45. The van der Waals surface area contributed by atoms with Gasteiger partial charge in [0.2, 0.25) is 5.91 Å². The number of hydrogen-bond acceptors (Lipinski definition) is 8. The fourth-order valence-corrected chi connectivity index (χ4v) is 6.02. The molecule has 1 amide bonds. The van der Waals surface area contributed by atoms with E-state index in [1.165, 1.54) is 13.8 Å². The molecule has 1 unspecified atom stereocenters. The average Bonchev–Trinajstić information content (AvgIpc) is 2.89. The molecule has 224 valence electrons. The normalized spacial score (nSPS) is 22.3. The summed E-state index contributed by atoms with van der Waals surface area (Å²) < 4.78 is 6.28. The summed E-state index contributed by atoms with van der Waals surface area (Å²) >= 11 is 0. The van der Waals surface area contributed by atoms with Crippen molar-refractivity contribution in [3.05, 3.63) is 64.7 Å². The quantitative estimate of drug-likeness (QED) is 0.287. The third-order valence-electron chi connectivity index (χ3n) is 8.66. The molecule has 0 fully saturated rings. The highest BCUT2D eigenvalue weighted by Gasteiger charge is 2.45. The first-order chi connectivity index (χ1) is 19.1. The molecule has 0 spiro atoms. The van der Waals surface area contributed by atoms with Gasteiger partial charge in [0, 0.05) is 12.0 Å². The number of guanidine groups is 1. The van der Waals surface area contributed by atoms with Crippen molar-refractivity contribution in [3.8, 4) is 5.75 Å². The number of aliphatic hydroxyl groups is 3. The van der Waals surface area contributed by atoms with Gasteiger partial charge in [-0.15, -0.1) is 0 Å². The van der Waals surface area contributed by atoms with E-state index in [0.29, 0.717) is 17.7 Å². The van der Waals surface area contributed by atoms with Gasteiger partial charge in [0.05, 0.1) is 29.6 Å². The van der Waals surface area contributed by atoms with Crippen LogP contribution in [0.3, 0.4) is 0 Å². The Morgan fingerprint density at radius 1 is 1.17 bits per heavy atom. The minimum atomic E-state index is -1.43. The maximum atomic E-state index is 13.6. The summed E-state index contributed by atoms with van der Waals surface area (Å²) in [5.41, 5.74) is 6.93. The highest BCUT2D eigenvalue weighted by atomic mass is 16.5. The minimum absolute atomic E-state index is 0.0770. The van der Waals surface area contributed by atoms with Gasteiger partial charge in [-0.3, -0.25) is 15.0 Å². The Bertz CT molecular complexity index is 1300. The summed E-state index contributed by atoms with van der Waals surface area (Å²) in [4.78, 5) is 20.0. The molecule has 9 heteroatoms. The second kappa shape index (κ2) is 11.4. The van der Waals surface area contributed by atoms with E-state index in [9.17, 15) is 20.1 Å². The van der Waals surface area contributed by atoms with E-state index in [-0.39, 0.29) is 18.3 Å². The fourth-order valence-electron chi connectivity index (χ4n) is 6.02. The zero-order valence-corrected chi connectivity index (χ0v) is 25.3. The van der Waals surface area contributed by atoms with Crippen molar-refractivity contribution in [2.75, 3.05) is 0 Å². The van der Waals surface area contributed by atoms with Gasteiger partial charge in [0.1, 0.15) is 23.7 Å². The molecule has 2 aliphatic heterocycles. The molecule has 0 saturated carbocycles. The van der Waals surface area contributed by atoms with Crippen LogP contribution in [0.2, 0.25) is 0 Å². The second-order valence-corrected chi connectivity index (χ2v) is 12.7. The van der Waals surface area contributed by atoms with Crippen LogP contribution in [0.5, 0.6) is 5.75 Å². The molecule has 0 radical (unpaired) electrons. The number of amides is 1. The van der Waals surface area contributed by atoms with E-state index >= 15 is 0 Å². The molecule has 9 nitrogen and oxygen atoms in total. The fraction of sp³-hybridized carbons (Fsp3) is 0.562. The van der Waals surface area contributed by atoms with Gasteiger partial charge >= 0.3 is 0 Å². The number of fused-ring (bicyclic) bond motifs is 1. The molecule has 6 N–H and O–H groups in total. The SMILES string of the molecule is CCC1(CC)CC(=O)N([C@@H]2CC(C)(C)Oc3ccc(C(O)N[C@H](c4ccccc4C)[C@H](O)C(C)(C)O)cc32)C(N)=N1. The van der Waals surface area contributed by atoms with Crippen molar-refractivity contribution in [1.82, 2.24) is 10.2 Å². The Labute approximate surface area is 243 Å². The van der Waals surface area contributed by atoms with Gasteiger partial charge < -0.3 is 25.8 Å². The Morgan fingerprint density at radius 2 is 1.83 bits per heavy atom. The van der Waals surface area contributed by atoms with Gasteiger partial charge in [-0.05, 0) is 76.3 Å². The van der Waals surface area contributed by atoms with E-state index in [1.807, 2.05) is 65.0 Å². The smallest absolute Gasteiger partial charge is 0.232 e. The largest absolute Gasteiger partial charge is 0.487 e. The molecule has 0 saturated heterocycles. The molecule has 0 bridgehead atoms. The van der Waals surface area contributed by atoms with Crippen molar-refractivity contribution in [1.29, 1.82) is 0 Å². The van der Waals surface area contributed by atoms with Crippen LogP contribution in [0.4, 0.5) is 0 Å².